The SMILES string of the molecule is CCc1ccccc1Nc1nc(N)nc(CSCC(=O)NC(C)C(C)C)n1. The van der Waals surface area contributed by atoms with Crippen molar-refractivity contribution < 1.29 is 4.79 Å². The minimum atomic E-state index is 0.0125. The molecule has 8 heteroatoms. The lowest BCUT2D eigenvalue weighted by atomic mass is 10.1. The van der Waals surface area contributed by atoms with Crippen LogP contribution < -0.4 is 16.4 Å². The molecule has 0 aliphatic heterocycles. The summed E-state index contributed by atoms with van der Waals surface area (Å²) in [5.41, 5.74) is 7.94. The molecule has 7 nitrogen and oxygen atoms in total. The average molecular weight is 389 g/mol. The van der Waals surface area contributed by atoms with Crippen LogP contribution in [0.1, 0.15) is 39.1 Å². The van der Waals surface area contributed by atoms with E-state index in [4.69, 9.17) is 5.73 Å². The first kappa shape index (κ1) is 21.0. The molecule has 1 unspecified atom stereocenters. The maximum atomic E-state index is 12.0. The quantitative estimate of drug-likeness (QED) is 0.606. The highest BCUT2D eigenvalue weighted by molar-refractivity contribution is 7.99. The number of rotatable bonds is 9. The Kier molecular flexibility index (Phi) is 7.84. The Balaban J connectivity index is 1.96. The lowest BCUT2D eigenvalue weighted by molar-refractivity contribution is -0.119. The van der Waals surface area contributed by atoms with E-state index in [1.165, 1.54) is 17.3 Å². The van der Waals surface area contributed by atoms with Gasteiger partial charge in [0.2, 0.25) is 17.8 Å². The number of nitrogens with two attached hydrogens (primary N) is 1. The van der Waals surface area contributed by atoms with Crippen molar-refractivity contribution in [3.8, 4) is 0 Å². The first-order valence-corrected chi connectivity index (χ1v) is 10.3. The fraction of sp³-hybridized carbons (Fsp3) is 0.474. The van der Waals surface area contributed by atoms with Crippen LogP contribution in [0.15, 0.2) is 24.3 Å². The summed E-state index contributed by atoms with van der Waals surface area (Å²) in [6.45, 7) is 8.26. The number of aryl methyl sites for hydroxylation is 1. The van der Waals surface area contributed by atoms with Gasteiger partial charge in [-0.15, -0.1) is 11.8 Å². The third-order valence-electron chi connectivity index (χ3n) is 4.20. The zero-order valence-corrected chi connectivity index (χ0v) is 17.1. The summed E-state index contributed by atoms with van der Waals surface area (Å²) >= 11 is 1.45. The van der Waals surface area contributed by atoms with Crippen molar-refractivity contribution in [3.63, 3.8) is 0 Å². The number of nitrogens with one attached hydrogen (secondary N) is 2. The molecule has 0 spiro atoms. The van der Waals surface area contributed by atoms with Gasteiger partial charge in [-0.1, -0.05) is 39.0 Å². The monoisotopic (exact) mass is 388 g/mol. The Morgan fingerprint density at radius 3 is 2.63 bits per heavy atom. The van der Waals surface area contributed by atoms with E-state index in [1.807, 2.05) is 25.1 Å². The number of hydrogen-bond donors (Lipinski definition) is 3. The Morgan fingerprint density at radius 2 is 1.93 bits per heavy atom. The van der Waals surface area contributed by atoms with Crippen LogP contribution in [0.2, 0.25) is 0 Å². The topological polar surface area (TPSA) is 106 Å². The molecular formula is C19H28N6OS. The number of anilines is 3. The standard InChI is InChI=1S/C19H28N6OS/c1-5-14-8-6-7-9-15(14)22-19-24-16(23-18(20)25-19)10-27-11-17(26)21-13(4)12(2)3/h6-9,12-13H,5,10-11H2,1-4H3,(H,21,26)(H3,20,22,23,24,25). The number of benzene rings is 1. The molecule has 1 aromatic heterocycles. The van der Waals surface area contributed by atoms with E-state index < -0.39 is 0 Å². The maximum absolute atomic E-state index is 12.0. The molecule has 1 aromatic carbocycles. The molecule has 1 heterocycles. The molecule has 0 aliphatic rings. The first-order valence-electron chi connectivity index (χ1n) is 9.11. The molecule has 0 bridgehead atoms. The van der Waals surface area contributed by atoms with Crippen LogP contribution in [0.5, 0.6) is 0 Å². The molecule has 0 fully saturated rings. The van der Waals surface area contributed by atoms with Gasteiger partial charge in [0.15, 0.2) is 0 Å². The fourth-order valence-corrected chi connectivity index (χ4v) is 3.01. The maximum Gasteiger partial charge on any atom is 0.232 e. The van der Waals surface area contributed by atoms with Gasteiger partial charge in [0, 0.05) is 11.7 Å². The number of nitrogens with zero attached hydrogens (tertiary/aromatic N) is 3. The van der Waals surface area contributed by atoms with E-state index in [0.717, 1.165) is 12.1 Å². The van der Waals surface area contributed by atoms with Crippen LogP contribution in [-0.4, -0.2) is 32.7 Å². The third-order valence-corrected chi connectivity index (χ3v) is 5.13. The van der Waals surface area contributed by atoms with Crippen molar-refractivity contribution in [2.45, 2.75) is 45.9 Å². The molecule has 2 rings (SSSR count). The van der Waals surface area contributed by atoms with Gasteiger partial charge in [0.1, 0.15) is 5.82 Å². The largest absolute Gasteiger partial charge is 0.368 e. The minimum Gasteiger partial charge on any atom is -0.368 e. The van der Waals surface area contributed by atoms with Crippen molar-refractivity contribution in [1.82, 2.24) is 20.3 Å². The van der Waals surface area contributed by atoms with E-state index in [9.17, 15) is 4.79 Å². The second-order valence-electron chi connectivity index (χ2n) is 6.66. The van der Waals surface area contributed by atoms with Gasteiger partial charge in [-0.25, -0.2) is 0 Å². The van der Waals surface area contributed by atoms with Gasteiger partial charge < -0.3 is 16.4 Å². The number of nitrogen functional groups attached to an aromatic ring is 1. The number of carbonyl (C=O) groups is 1. The summed E-state index contributed by atoms with van der Waals surface area (Å²) in [7, 11) is 0. The van der Waals surface area contributed by atoms with Crippen molar-refractivity contribution in [2.75, 3.05) is 16.8 Å². The summed E-state index contributed by atoms with van der Waals surface area (Å²) < 4.78 is 0. The molecule has 4 N–H and O–H groups in total. The molecule has 0 saturated carbocycles. The molecule has 2 aromatic rings. The Hall–Kier alpha value is -2.35. The Bertz CT molecular complexity index is 768. The van der Waals surface area contributed by atoms with Gasteiger partial charge in [-0.05, 0) is 30.9 Å². The molecule has 27 heavy (non-hydrogen) atoms. The smallest absolute Gasteiger partial charge is 0.232 e. The highest BCUT2D eigenvalue weighted by Gasteiger charge is 2.12. The fourth-order valence-electron chi connectivity index (χ4n) is 2.33. The zero-order valence-electron chi connectivity index (χ0n) is 16.3. The number of thioether (sulfide) groups is 1. The van der Waals surface area contributed by atoms with Crippen molar-refractivity contribution in [1.29, 1.82) is 0 Å². The van der Waals surface area contributed by atoms with E-state index in [-0.39, 0.29) is 17.9 Å². The molecule has 0 saturated heterocycles. The van der Waals surface area contributed by atoms with Crippen LogP contribution in [0.3, 0.4) is 0 Å². The lowest BCUT2D eigenvalue weighted by Gasteiger charge is -2.17. The summed E-state index contributed by atoms with van der Waals surface area (Å²) in [4.78, 5) is 24.7. The molecule has 0 aliphatic carbocycles. The number of hydrogen-bond acceptors (Lipinski definition) is 7. The van der Waals surface area contributed by atoms with E-state index >= 15 is 0 Å². The predicted molar refractivity (Wildman–Crippen MR) is 112 cm³/mol. The summed E-state index contributed by atoms with van der Waals surface area (Å²) in [6.07, 6.45) is 0.899. The molecule has 146 valence electrons. The number of carbonyl (C=O) groups excluding carboxylic acids is 1. The lowest BCUT2D eigenvalue weighted by Crippen LogP contribution is -2.37. The van der Waals surface area contributed by atoms with Crippen LogP contribution >= 0.6 is 11.8 Å². The summed E-state index contributed by atoms with van der Waals surface area (Å²) in [6, 6.07) is 8.15. The van der Waals surface area contributed by atoms with E-state index in [1.54, 1.807) is 0 Å². The van der Waals surface area contributed by atoms with Crippen LogP contribution in [0.25, 0.3) is 0 Å². The van der Waals surface area contributed by atoms with E-state index in [2.05, 4.69) is 52.4 Å². The van der Waals surface area contributed by atoms with Crippen LogP contribution in [0.4, 0.5) is 17.6 Å². The molecular weight excluding hydrogens is 360 g/mol. The van der Waals surface area contributed by atoms with Gasteiger partial charge in [0.25, 0.3) is 0 Å². The van der Waals surface area contributed by atoms with Gasteiger partial charge in [-0.3, -0.25) is 4.79 Å². The normalized spacial score (nSPS) is 12.0. The first-order chi connectivity index (χ1) is 12.9. The van der Waals surface area contributed by atoms with Gasteiger partial charge in [0.05, 0.1) is 11.5 Å². The predicted octanol–water partition coefficient (Wildman–Crippen LogP) is 3.15. The minimum absolute atomic E-state index is 0.0125. The highest BCUT2D eigenvalue weighted by Crippen LogP contribution is 2.20. The number of amides is 1. The summed E-state index contributed by atoms with van der Waals surface area (Å²) in [5.74, 6) is 2.38. The molecule has 1 atom stereocenters. The van der Waals surface area contributed by atoms with Crippen molar-refractivity contribution in [3.05, 3.63) is 35.7 Å². The molecule has 0 radical (unpaired) electrons. The highest BCUT2D eigenvalue weighted by atomic mass is 32.2. The van der Waals surface area contributed by atoms with Crippen LogP contribution in [-0.2, 0) is 17.0 Å². The van der Waals surface area contributed by atoms with Crippen molar-refractivity contribution >= 4 is 35.3 Å². The Morgan fingerprint density at radius 1 is 1.19 bits per heavy atom. The Labute approximate surface area is 165 Å². The van der Waals surface area contributed by atoms with Gasteiger partial charge in [-0.2, -0.15) is 15.0 Å². The van der Waals surface area contributed by atoms with Crippen LogP contribution in [0, 0.1) is 5.92 Å². The van der Waals surface area contributed by atoms with Crippen molar-refractivity contribution in [2.24, 2.45) is 5.92 Å². The molecule has 1 amide bonds. The second kappa shape index (κ2) is 10.1. The van der Waals surface area contributed by atoms with E-state index in [0.29, 0.717) is 29.2 Å². The number of aromatic nitrogens is 3. The van der Waals surface area contributed by atoms with Gasteiger partial charge >= 0.3 is 0 Å². The number of para-hydroxylation sites is 1. The third kappa shape index (κ3) is 6.71. The second-order valence-corrected chi connectivity index (χ2v) is 7.65. The summed E-state index contributed by atoms with van der Waals surface area (Å²) in [5, 5.41) is 6.20. The zero-order chi connectivity index (χ0) is 19.8. The average Bonchev–Trinajstić information content (AvgIpc) is 2.61.